The summed E-state index contributed by atoms with van der Waals surface area (Å²) in [6, 6.07) is 0.501. The van der Waals surface area contributed by atoms with Crippen molar-refractivity contribution in [3.8, 4) is 0 Å². The molecule has 0 aliphatic carbocycles. The minimum atomic E-state index is 0.0265. The number of carbonyl (C=O) groups is 1. The lowest BCUT2D eigenvalue weighted by atomic mass is 9.98. The first kappa shape index (κ1) is 12.8. The number of nitrogens with one attached hydrogen (secondary N) is 2. The highest BCUT2D eigenvalue weighted by molar-refractivity contribution is 5.81. The number of amides is 1. The van der Waals surface area contributed by atoms with Gasteiger partial charge in [0.1, 0.15) is 0 Å². The van der Waals surface area contributed by atoms with Gasteiger partial charge in [-0.2, -0.15) is 0 Å². The van der Waals surface area contributed by atoms with Crippen LogP contribution >= 0.6 is 0 Å². The molecule has 2 saturated heterocycles. The number of hydrogen-bond donors (Lipinski definition) is 2. The Hall–Kier alpha value is -0.610. The van der Waals surface area contributed by atoms with Crippen LogP contribution in [0.25, 0.3) is 0 Å². The van der Waals surface area contributed by atoms with E-state index in [1.54, 1.807) is 0 Å². The van der Waals surface area contributed by atoms with E-state index in [0.717, 1.165) is 45.4 Å². The summed E-state index contributed by atoms with van der Waals surface area (Å²) in [5, 5.41) is 6.45. The minimum absolute atomic E-state index is 0.0265. The first-order chi connectivity index (χ1) is 8.25. The van der Waals surface area contributed by atoms with Gasteiger partial charge < -0.3 is 15.4 Å². The zero-order valence-corrected chi connectivity index (χ0v) is 10.7. The fourth-order valence-electron chi connectivity index (χ4n) is 2.66. The number of hydrogen-bond acceptors (Lipinski definition) is 3. The second kappa shape index (κ2) is 6.36. The van der Waals surface area contributed by atoms with Gasteiger partial charge in [-0.25, -0.2) is 0 Å². The first-order valence-electron chi connectivity index (χ1n) is 6.87. The maximum Gasteiger partial charge on any atom is 0.237 e. The van der Waals surface area contributed by atoms with E-state index in [1.165, 1.54) is 6.42 Å². The highest BCUT2D eigenvalue weighted by atomic mass is 16.5. The molecule has 0 saturated carbocycles. The summed E-state index contributed by atoms with van der Waals surface area (Å²) in [5.74, 6) is 0.789. The van der Waals surface area contributed by atoms with Crippen LogP contribution in [-0.2, 0) is 9.53 Å². The molecule has 2 fully saturated rings. The van der Waals surface area contributed by atoms with E-state index in [0.29, 0.717) is 12.0 Å². The first-order valence-corrected chi connectivity index (χ1v) is 6.87. The lowest BCUT2D eigenvalue weighted by Crippen LogP contribution is -2.50. The molecule has 2 unspecified atom stereocenters. The molecule has 98 valence electrons. The van der Waals surface area contributed by atoms with Crippen molar-refractivity contribution >= 4 is 5.91 Å². The van der Waals surface area contributed by atoms with Gasteiger partial charge in [0.15, 0.2) is 0 Å². The van der Waals surface area contributed by atoms with E-state index in [9.17, 15) is 4.79 Å². The smallest absolute Gasteiger partial charge is 0.237 e. The molecule has 2 aliphatic rings. The quantitative estimate of drug-likeness (QED) is 0.775. The average molecular weight is 240 g/mol. The zero-order valence-electron chi connectivity index (χ0n) is 10.7. The van der Waals surface area contributed by atoms with Gasteiger partial charge in [0.25, 0.3) is 0 Å². The Bertz CT molecular complexity index is 252. The largest absolute Gasteiger partial charge is 0.381 e. The molecule has 2 aliphatic heterocycles. The van der Waals surface area contributed by atoms with Crippen molar-refractivity contribution in [2.75, 3.05) is 19.8 Å². The Balaban J connectivity index is 1.69. The van der Waals surface area contributed by atoms with Gasteiger partial charge in [-0.3, -0.25) is 4.79 Å². The molecular weight excluding hydrogens is 216 g/mol. The van der Waals surface area contributed by atoms with Gasteiger partial charge in [-0.05, 0) is 44.9 Å². The Kier molecular flexibility index (Phi) is 4.80. The summed E-state index contributed by atoms with van der Waals surface area (Å²) in [4.78, 5) is 12.0. The monoisotopic (exact) mass is 240 g/mol. The molecule has 2 N–H and O–H groups in total. The lowest BCUT2D eigenvalue weighted by molar-refractivity contribution is -0.124. The normalized spacial score (nSPS) is 31.1. The molecule has 0 radical (unpaired) electrons. The van der Waals surface area contributed by atoms with Gasteiger partial charge in [0, 0.05) is 25.8 Å². The standard InChI is InChI=1S/C13H24N2O2/c1-10-3-2-4-12(15-10)13(16)14-9-11-5-7-17-8-6-11/h10-12,15H,2-9H2,1H3,(H,14,16). The molecule has 0 aromatic carbocycles. The van der Waals surface area contributed by atoms with E-state index >= 15 is 0 Å². The summed E-state index contributed by atoms with van der Waals surface area (Å²) < 4.78 is 5.31. The SMILES string of the molecule is CC1CCCC(C(=O)NCC2CCOCC2)N1. The minimum Gasteiger partial charge on any atom is -0.381 e. The van der Waals surface area contributed by atoms with Gasteiger partial charge >= 0.3 is 0 Å². The zero-order chi connectivity index (χ0) is 12.1. The van der Waals surface area contributed by atoms with Crippen LogP contribution in [0.1, 0.15) is 39.0 Å². The summed E-state index contributed by atoms with van der Waals surface area (Å²) in [7, 11) is 0. The second-order valence-corrected chi connectivity index (χ2v) is 5.35. The molecule has 0 spiro atoms. The fraction of sp³-hybridized carbons (Fsp3) is 0.923. The Morgan fingerprint density at radius 1 is 1.29 bits per heavy atom. The topological polar surface area (TPSA) is 50.4 Å². The Morgan fingerprint density at radius 2 is 2.06 bits per heavy atom. The van der Waals surface area contributed by atoms with E-state index in [1.807, 2.05) is 0 Å². The molecule has 4 nitrogen and oxygen atoms in total. The van der Waals surface area contributed by atoms with Crippen LogP contribution in [0.3, 0.4) is 0 Å². The van der Waals surface area contributed by atoms with Crippen molar-refractivity contribution in [2.24, 2.45) is 5.92 Å². The van der Waals surface area contributed by atoms with E-state index in [-0.39, 0.29) is 11.9 Å². The average Bonchev–Trinajstić information content (AvgIpc) is 2.37. The number of rotatable bonds is 3. The van der Waals surface area contributed by atoms with Gasteiger partial charge in [0.2, 0.25) is 5.91 Å². The third kappa shape index (κ3) is 3.96. The second-order valence-electron chi connectivity index (χ2n) is 5.35. The number of carbonyl (C=O) groups excluding carboxylic acids is 1. The lowest BCUT2D eigenvalue weighted by Gasteiger charge is -2.29. The van der Waals surface area contributed by atoms with Crippen LogP contribution in [0.15, 0.2) is 0 Å². The molecule has 17 heavy (non-hydrogen) atoms. The highest BCUT2D eigenvalue weighted by Gasteiger charge is 2.24. The highest BCUT2D eigenvalue weighted by Crippen LogP contribution is 2.15. The van der Waals surface area contributed by atoms with E-state index < -0.39 is 0 Å². The number of piperidine rings is 1. The summed E-state index contributed by atoms with van der Waals surface area (Å²) in [6.45, 7) is 4.66. The van der Waals surface area contributed by atoms with Crippen molar-refractivity contribution in [1.29, 1.82) is 0 Å². The Morgan fingerprint density at radius 3 is 2.76 bits per heavy atom. The molecule has 2 rings (SSSR count). The molecule has 0 aromatic heterocycles. The predicted molar refractivity (Wildman–Crippen MR) is 66.8 cm³/mol. The predicted octanol–water partition coefficient (Wildman–Crippen LogP) is 1.06. The third-order valence-corrected chi connectivity index (χ3v) is 3.84. The molecular formula is C13H24N2O2. The summed E-state index contributed by atoms with van der Waals surface area (Å²) >= 11 is 0. The van der Waals surface area contributed by atoms with Crippen LogP contribution in [0.5, 0.6) is 0 Å². The molecule has 0 aromatic rings. The third-order valence-electron chi connectivity index (χ3n) is 3.84. The van der Waals surface area contributed by atoms with Crippen molar-refractivity contribution in [2.45, 2.75) is 51.1 Å². The van der Waals surface area contributed by atoms with Crippen LogP contribution < -0.4 is 10.6 Å². The van der Waals surface area contributed by atoms with Crippen LogP contribution in [0.4, 0.5) is 0 Å². The van der Waals surface area contributed by atoms with Gasteiger partial charge in [0.05, 0.1) is 6.04 Å². The van der Waals surface area contributed by atoms with Crippen molar-refractivity contribution in [3.63, 3.8) is 0 Å². The van der Waals surface area contributed by atoms with Crippen molar-refractivity contribution in [3.05, 3.63) is 0 Å². The number of ether oxygens (including phenoxy) is 1. The maximum atomic E-state index is 12.0. The van der Waals surface area contributed by atoms with Crippen LogP contribution in [0.2, 0.25) is 0 Å². The van der Waals surface area contributed by atoms with Crippen molar-refractivity contribution < 1.29 is 9.53 Å². The van der Waals surface area contributed by atoms with Crippen LogP contribution in [-0.4, -0.2) is 37.7 Å². The van der Waals surface area contributed by atoms with E-state index in [4.69, 9.17) is 4.74 Å². The maximum absolute atomic E-state index is 12.0. The molecule has 0 bridgehead atoms. The van der Waals surface area contributed by atoms with E-state index in [2.05, 4.69) is 17.6 Å². The molecule has 2 atom stereocenters. The fourth-order valence-corrected chi connectivity index (χ4v) is 2.66. The summed E-state index contributed by atoms with van der Waals surface area (Å²) in [6.07, 6.45) is 5.47. The van der Waals surface area contributed by atoms with Crippen LogP contribution in [0, 0.1) is 5.92 Å². The van der Waals surface area contributed by atoms with Gasteiger partial charge in [-0.1, -0.05) is 0 Å². The molecule has 1 amide bonds. The molecule has 2 heterocycles. The van der Waals surface area contributed by atoms with Gasteiger partial charge in [-0.15, -0.1) is 0 Å². The summed E-state index contributed by atoms with van der Waals surface area (Å²) in [5.41, 5.74) is 0. The Labute approximate surface area is 103 Å². The molecule has 4 heteroatoms. The van der Waals surface area contributed by atoms with Crippen molar-refractivity contribution in [1.82, 2.24) is 10.6 Å².